The Hall–Kier alpha value is -0.430. The van der Waals surface area contributed by atoms with E-state index in [9.17, 15) is 4.79 Å². The number of alkyl halides is 3. The summed E-state index contributed by atoms with van der Waals surface area (Å²) in [7, 11) is 0. The van der Waals surface area contributed by atoms with Gasteiger partial charge < -0.3 is 4.74 Å². The molecule has 0 fully saturated rings. The van der Waals surface area contributed by atoms with E-state index < -0.39 is 9.76 Å². The van der Waals surface area contributed by atoms with Crippen molar-refractivity contribution in [2.45, 2.75) is 17.6 Å². The van der Waals surface area contributed by atoms with Crippen LogP contribution in [0.4, 0.5) is 0 Å². The van der Waals surface area contributed by atoms with E-state index in [4.69, 9.17) is 40.1 Å². The van der Waals surface area contributed by atoms with Crippen molar-refractivity contribution in [2.75, 3.05) is 6.61 Å². The molecular formula is C8H8Cl3NO2. The van der Waals surface area contributed by atoms with Crippen LogP contribution in [0.2, 0.25) is 0 Å². The normalized spacial score (nSPS) is 12.9. The summed E-state index contributed by atoms with van der Waals surface area (Å²) in [6.07, 6.45) is 0. The van der Waals surface area contributed by atoms with Crippen molar-refractivity contribution in [3.63, 3.8) is 0 Å². The van der Waals surface area contributed by atoms with E-state index in [1.54, 1.807) is 13.0 Å². The predicted octanol–water partition coefficient (Wildman–Crippen LogP) is 2.76. The van der Waals surface area contributed by atoms with Crippen LogP contribution >= 0.6 is 34.8 Å². The first-order chi connectivity index (χ1) is 6.34. The first-order valence-corrected chi connectivity index (χ1v) is 4.83. The number of halogens is 3. The Balaban J connectivity index is 5.08. The molecule has 0 aliphatic carbocycles. The highest BCUT2D eigenvalue weighted by Gasteiger charge is 2.28. The molecule has 0 saturated heterocycles. The topological polar surface area (TPSA) is 50.1 Å². The predicted molar refractivity (Wildman–Crippen MR) is 55.2 cm³/mol. The van der Waals surface area contributed by atoms with E-state index in [0.29, 0.717) is 0 Å². The number of allylic oxidation sites excluding steroid dienone is 1. The number of hydrogen-bond acceptors (Lipinski definition) is 3. The molecule has 78 valence electrons. The summed E-state index contributed by atoms with van der Waals surface area (Å²) in [6.45, 7) is 3.18. The van der Waals surface area contributed by atoms with Crippen LogP contribution < -0.4 is 0 Å². The standard InChI is InChI=1S/C8H8Cl3NO2/c1-3-14-7(13)6(4-12)5(2)8(9,10)11/h3H2,1-2H3/b6-5+. The zero-order valence-electron chi connectivity index (χ0n) is 7.60. The third-order valence-electron chi connectivity index (χ3n) is 1.39. The van der Waals surface area contributed by atoms with Gasteiger partial charge in [0.15, 0.2) is 0 Å². The third-order valence-corrected chi connectivity index (χ3v) is 2.24. The average molecular weight is 257 g/mol. The van der Waals surface area contributed by atoms with Gasteiger partial charge in [-0.1, -0.05) is 34.8 Å². The molecule has 6 heteroatoms. The molecule has 0 amide bonds. The van der Waals surface area contributed by atoms with E-state index in [-0.39, 0.29) is 17.8 Å². The zero-order chi connectivity index (χ0) is 11.4. The maximum atomic E-state index is 11.2. The van der Waals surface area contributed by atoms with Crippen LogP contribution in [0.5, 0.6) is 0 Å². The highest BCUT2D eigenvalue weighted by atomic mass is 35.6. The lowest BCUT2D eigenvalue weighted by atomic mass is 10.2. The lowest BCUT2D eigenvalue weighted by molar-refractivity contribution is -0.138. The van der Waals surface area contributed by atoms with Gasteiger partial charge in [-0.3, -0.25) is 0 Å². The van der Waals surface area contributed by atoms with E-state index in [1.165, 1.54) is 6.92 Å². The minimum atomic E-state index is -1.77. The van der Waals surface area contributed by atoms with E-state index in [2.05, 4.69) is 4.74 Å². The molecule has 3 nitrogen and oxygen atoms in total. The Kier molecular flexibility index (Phi) is 5.28. The fraction of sp³-hybridized carbons (Fsp3) is 0.500. The molecule has 0 unspecified atom stereocenters. The second kappa shape index (κ2) is 5.45. The number of rotatable bonds is 2. The summed E-state index contributed by atoms with van der Waals surface area (Å²) in [4.78, 5) is 11.2. The van der Waals surface area contributed by atoms with Crippen molar-refractivity contribution in [1.82, 2.24) is 0 Å². The number of nitriles is 1. The summed E-state index contributed by atoms with van der Waals surface area (Å²) in [6, 6.07) is 1.64. The fourth-order valence-corrected chi connectivity index (χ4v) is 0.911. The van der Waals surface area contributed by atoms with Gasteiger partial charge in [0.2, 0.25) is 3.79 Å². The summed E-state index contributed by atoms with van der Waals surface area (Å²) in [5.74, 6) is -0.779. The molecule has 0 aromatic heterocycles. The number of esters is 1. The lowest BCUT2D eigenvalue weighted by Crippen LogP contribution is -2.14. The molecule has 0 bridgehead atoms. The number of hydrogen-bond donors (Lipinski definition) is 0. The van der Waals surface area contributed by atoms with Gasteiger partial charge in [-0.25, -0.2) is 4.79 Å². The molecule has 0 rings (SSSR count). The molecule has 0 aliphatic heterocycles. The molecule has 0 spiro atoms. The second-order valence-corrected chi connectivity index (χ2v) is 4.61. The van der Waals surface area contributed by atoms with Crippen molar-refractivity contribution in [3.8, 4) is 6.07 Å². The lowest BCUT2D eigenvalue weighted by Gasteiger charge is -2.12. The molecule has 0 radical (unpaired) electrons. The van der Waals surface area contributed by atoms with Gasteiger partial charge in [-0.05, 0) is 13.8 Å². The van der Waals surface area contributed by atoms with Crippen LogP contribution in [0.15, 0.2) is 11.1 Å². The Morgan fingerprint density at radius 2 is 2.00 bits per heavy atom. The molecular weight excluding hydrogens is 248 g/mol. The molecule has 0 saturated carbocycles. The van der Waals surface area contributed by atoms with E-state index >= 15 is 0 Å². The molecule has 0 heterocycles. The maximum absolute atomic E-state index is 11.2. The van der Waals surface area contributed by atoms with Crippen LogP contribution in [0, 0.1) is 11.3 Å². The molecule has 0 aliphatic rings. The quantitative estimate of drug-likeness (QED) is 0.330. The van der Waals surface area contributed by atoms with Gasteiger partial charge in [0.05, 0.1) is 6.61 Å². The SMILES string of the molecule is CCOC(=O)/C(C#N)=C(\C)C(Cl)(Cl)Cl. The minimum Gasteiger partial charge on any atom is -0.462 e. The fourth-order valence-electron chi connectivity index (χ4n) is 0.628. The minimum absolute atomic E-state index is 0.0588. The number of carbonyl (C=O) groups excluding carboxylic acids is 1. The number of nitrogens with zero attached hydrogens (tertiary/aromatic N) is 1. The van der Waals surface area contributed by atoms with Gasteiger partial charge in [0.25, 0.3) is 0 Å². The Labute approximate surface area is 97.2 Å². The molecule has 14 heavy (non-hydrogen) atoms. The molecule has 0 atom stereocenters. The summed E-state index contributed by atoms with van der Waals surface area (Å²) < 4.78 is 2.85. The third kappa shape index (κ3) is 3.75. The Morgan fingerprint density at radius 3 is 2.29 bits per heavy atom. The van der Waals surface area contributed by atoms with Crippen LogP contribution in [0.25, 0.3) is 0 Å². The largest absolute Gasteiger partial charge is 0.462 e. The highest BCUT2D eigenvalue weighted by molar-refractivity contribution is 6.69. The Morgan fingerprint density at radius 1 is 1.50 bits per heavy atom. The zero-order valence-corrected chi connectivity index (χ0v) is 9.87. The van der Waals surface area contributed by atoms with Gasteiger partial charge >= 0.3 is 5.97 Å². The van der Waals surface area contributed by atoms with Crippen molar-refractivity contribution in [1.29, 1.82) is 5.26 Å². The highest BCUT2D eigenvalue weighted by Crippen LogP contribution is 2.36. The summed E-state index contributed by atoms with van der Waals surface area (Å²) in [5.41, 5.74) is -0.213. The smallest absolute Gasteiger partial charge is 0.348 e. The van der Waals surface area contributed by atoms with Crippen molar-refractivity contribution >= 4 is 40.8 Å². The van der Waals surface area contributed by atoms with Crippen molar-refractivity contribution < 1.29 is 9.53 Å². The van der Waals surface area contributed by atoms with Crippen molar-refractivity contribution in [3.05, 3.63) is 11.1 Å². The van der Waals surface area contributed by atoms with Gasteiger partial charge in [0.1, 0.15) is 11.6 Å². The number of ether oxygens (including phenoxy) is 1. The average Bonchev–Trinajstić information content (AvgIpc) is 2.04. The van der Waals surface area contributed by atoms with Crippen LogP contribution in [-0.4, -0.2) is 16.4 Å². The molecule has 0 aromatic carbocycles. The van der Waals surface area contributed by atoms with Gasteiger partial charge in [-0.15, -0.1) is 0 Å². The summed E-state index contributed by atoms with van der Waals surface area (Å²) >= 11 is 16.5. The first-order valence-electron chi connectivity index (χ1n) is 3.69. The maximum Gasteiger partial charge on any atom is 0.348 e. The summed E-state index contributed by atoms with van der Waals surface area (Å²) in [5, 5.41) is 8.67. The monoisotopic (exact) mass is 255 g/mol. The first kappa shape index (κ1) is 13.6. The second-order valence-electron chi connectivity index (χ2n) is 2.33. The molecule has 0 aromatic rings. The molecule has 0 N–H and O–H groups in total. The van der Waals surface area contributed by atoms with Crippen LogP contribution in [0.3, 0.4) is 0 Å². The van der Waals surface area contributed by atoms with E-state index in [1.807, 2.05) is 0 Å². The van der Waals surface area contributed by atoms with E-state index in [0.717, 1.165) is 0 Å². The van der Waals surface area contributed by atoms with Crippen molar-refractivity contribution in [2.24, 2.45) is 0 Å². The van der Waals surface area contributed by atoms with Crippen LogP contribution in [-0.2, 0) is 9.53 Å². The van der Waals surface area contributed by atoms with Gasteiger partial charge in [-0.2, -0.15) is 5.26 Å². The Bertz CT molecular complexity index is 299. The number of carbonyl (C=O) groups is 1. The van der Waals surface area contributed by atoms with Gasteiger partial charge in [0, 0.05) is 5.57 Å². The van der Waals surface area contributed by atoms with Crippen LogP contribution in [0.1, 0.15) is 13.8 Å².